The summed E-state index contributed by atoms with van der Waals surface area (Å²) in [6.45, 7) is 4.08. The van der Waals surface area contributed by atoms with Crippen molar-refractivity contribution in [3.63, 3.8) is 0 Å². The molecule has 0 saturated carbocycles. The first-order valence-electron chi connectivity index (χ1n) is 10.7. The maximum Gasteiger partial charge on any atom is 0.271 e. The average molecular weight is 462 g/mol. The molecule has 0 spiro atoms. The SMILES string of the molecule is CCOc1cc(/C=N/NC(=O)c2ccc(OC)cc2)ccc1OCC(=O)Nc1ccc(C)cc1. The van der Waals surface area contributed by atoms with Crippen LogP contribution in [0.5, 0.6) is 17.2 Å². The van der Waals surface area contributed by atoms with Gasteiger partial charge in [0, 0.05) is 11.3 Å². The Morgan fingerprint density at radius 3 is 2.35 bits per heavy atom. The molecule has 3 rings (SSSR count). The largest absolute Gasteiger partial charge is 0.497 e. The number of nitrogens with one attached hydrogen (secondary N) is 2. The van der Waals surface area contributed by atoms with E-state index in [2.05, 4.69) is 15.8 Å². The van der Waals surface area contributed by atoms with Gasteiger partial charge in [0.1, 0.15) is 5.75 Å². The molecular weight excluding hydrogens is 434 g/mol. The lowest BCUT2D eigenvalue weighted by molar-refractivity contribution is -0.118. The maximum absolute atomic E-state index is 12.2. The third kappa shape index (κ3) is 7.09. The third-order valence-corrected chi connectivity index (χ3v) is 4.69. The summed E-state index contributed by atoms with van der Waals surface area (Å²) in [7, 11) is 1.56. The second-order valence-electron chi connectivity index (χ2n) is 7.27. The summed E-state index contributed by atoms with van der Waals surface area (Å²) in [6.07, 6.45) is 1.50. The van der Waals surface area contributed by atoms with Crippen molar-refractivity contribution >= 4 is 23.7 Å². The van der Waals surface area contributed by atoms with E-state index in [0.717, 1.165) is 5.56 Å². The highest BCUT2D eigenvalue weighted by Gasteiger charge is 2.10. The normalized spacial score (nSPS) is 10.6. The summed E-state index contributed by atoms with van der Waals surface area (Å²) >= 11 is 0. The van der Waals surface area contributed by atoms with E-state index in [9.17, 15) is 9.59 Å². The van der Waals surface area contributed by atoms with Gasteiger partial charge in [-0.15, -0.1) is 0 Å². The molecule has 0 unspecified atom stereocenters. The molecule has 8 nitrogen and oxygen atoms in total. The van der Waals surface area contributed by atoms with E-state index in [4.69, 9.17) is 14.2 Å². The lowest BCUT2D eigenvalue weighted by Crippen LogP contribution is -2.20. The molecule has 3 aromatic carbocycles. The first-order chi connectivity index (χ1) is 16.5. The molecule has 8 heteroatoms. The lowest BCUT2D eigenvalue weighted by atomic mass is 10.2. The molecular formula is C26H27N3O5. The van der Waals surface area contributed by atoms with E-state index < -0.39 is 0 Å². The van der Waals surface area contributed by atoms with Gasteiger partial charge in [-0.1, -0.05) is 17.7 Å². The van der Waals surface area contributed by atoms with Gasteiger partial charge in [0.2, 0.25) is 0 Å². The van der Waals surface area contributed by atoms with Crippen molar-refractivity contribution < 1.29 is 23.8 Å². The number of carbonyl (C=O) groups excluding carboxylic acids is 2. The number of carbonyl (C=O) groups is 2. The second kappa shape index (κ2) is 12.1. The van der Waals surface area contributed by atoms with Crippen molar-refractivity contribution in [3.8, 4) is 17.2 Å². The number of hydrazone groups is 1. The molecule has 0 aliphatic rings. The van der Waals surface area contributed by atoms with Gasteiger partial charge in [-0.2, -0.15) is 5.10 Å². The average Bonchev–Trinajstić information content (AvgIpc) is 2.85. The Morgan fingerprint density at radius 2 is 1.68 bits per heavy atom. The summed E-state index contributed by atoms with van der Waals surface area (Å²) < 4.78 is 16.4. The van der Waals surface area contributed by atoms with E-state index in [1.54, 1.807) is 49.6 Å². The van der Waals surface area contributed by atoms with Crippen molar-refractivity contribution in [1.29, 1.82) is 0 Å². The maximum atomic E-state index is 12.2. The van der Waals surface area contributed by atoms with Gasteiger partial charge in [-0.25, -0.2) is 5.43 Å². The molecule has 0 heterocycles. The Labute approximate surface area is 198 Å². The summed E-state index contributed by atoms with van der Waals surface area (Å²) in [5.41, 5.74) is 5.44. The van der Waals surface area contributed by atoms with Crippen LogP contribution in [0, 0.1) is 6.92 Å². The quantitative estimate of drug-likeness (QED) is 0.349. The van der Waals surface area contributed by atoms with Crippen molar-refractivity contribution in [2.75, 3.05) is 25.6 Å². The molecule has 34 heavy (non-hydrogen) atoms. The van der Waals surface area contributed by atoms with Crippen LogP contribution >= 0.6 is 0 Å². The predicted octanol–water partition coefficient (Wildman–Crippen LogP) is 4.18. The minimum Gasteiger partial charge on any atom is -0.497 e. The predicted molar refractivity (Wildman–Crippen MR) is 131 cm³/mol. The van der Waals surface area contributed by atoms with Gasteiger partial charge in [-0.05, 0) is 74.0 Å². The summed E-state index contributed by atoms with van der Waals surface area (Å²) in [6, 6.07) is 19.4. The van der Waals surface area contributed by atoms with Crippen molar-refractivity contribution in [2.45, 2.75) is 13.8 Å². The van der Waals surface area contributed by atoms with Crippen molar-refractivity contribution in [1.82, 2.24) is 5.43 Å². The van der Waals surface area contributed by atoms with Crippen LogP contribution in [-0.2, 0) is 4.79 Å². The molecule has 0 radical (unpaired) electrons. The van der Waals surface area contributed by atoms with Crippen LogP contribution in [0.15, 0.2) is 71.8 Å². The van der Waals surface area contributed by atoms with E-state index in [-0.39, 0.29) is 18.4 Å². The van der Waals surface area contributed by atoms with Crippen LogP contribution < -0.4 is 25.0 Å². The molecule has 2 N–H and O–H groups in total. The monoisotopic (exact) mass is 461 g/mol. The molecule has 176 valence electrons. The van der Waals surface area contributed by atoms with Gasteiger partial charge < -0.3 is 19.5 Å². The van der Waals surface area contributed by atoms with Gasteiger partial charge in [0.15, 0.2) is 18.1 Å². The molecule has 0 bridgehead atoms. The molecule has 3 aromatic rings. The fourth-order valence-corrected chi connectivity index (χ4v) is 2.94. The standard InChI is InChI=1S/C26H27N3O5/c1-4-33-24-15-19(16-27-29-26(31)20-8-12-22(32-3)13-9-20)7-14-23(24)34-17-25(30)28-21-10-5-18(2)6-11-21/h5-16H,4,17H2,1-3H3,(H,28,30)(H,29,31)/b27-16+. The highest BCUT2D eigenvalue weighted by Crippen LogP contribution is 2.28. The van der Waals surface area contributed by atoms with Gasteiger partial charge >= 0.3 is 0 Å². The number of hydrogen-bond donors (Lipinski definition) is 2. The van der Waals surface area contributed by atoms with Crippen LogP contribution in [0.4, 0.5) is 5.69 Å². The second-order valence-corrected chi connectivity index (χ2v) is 7.27. The lowest BCUT2D eigenvalue weighted by Gasteiger charge is -2.12. The van der Waals surface area contributed by atoms with Gasteiger partial charge in [-0.3, -0.25) is 9.59 Å². The molecule has 0 saturated heterocycles. The Kier molecular flexibility index (Phi) is 8.62. The Morgan fingerprint density at radius 1 is 0.941 bits per heavy atom. The Hall–Kier alpha value is -4.33. The number of aryl methyl sites for hydroxylation is 1. The number of benzene rings is 3. The molecule has 0 aliphatic heterocycles. The highest BCUT2D eigenvalue weighted by molar-refractivity contribution is 5.95. The van der Waals surface area contributed by atoms with Gasteiger partial charge in [0.05, 0.1) is 19.9 Å². The smallest absolute Gasteiger partial charge is 0.271 e. The first-order valence-corrected chi connectivity index (χ1v) is 10.7. The van der Waals surface area contributed by atoms with Gasteiger partial charge in [0.25, 0.3) is 11.8 Å². The zero-order chi connectivity index (χ0) is 24.3. The van der Waals surface area contributed by atoms with Crippen LogP contribution in [-0.4, -0.2) is 38.4 Å². The number of nitrogens with zero attached hydrogens (tertiary/aromatic N) is 1. The zero-order valence-corrected chi connectivity index (χ0v) is 19.3. The van der Waals surface area contributed by atoms with Crippen molar-refractivity contribution in [2.24, 2.45) is 5.10 Å². The fourth-order valence-electron chi connectivity index (χ4n) is 2.94. The van der Waals surface area contributed by atoms with E-state index in [1.165, 1.54) is 6.21 Å². The summed E-state index contributed by atoms with van der Waals surface area (Å²) in [5, 5.41) is 6.79. The number of methoxy groups -OCH3 is 1. The van der Waals surface area contributed by atoms with E-state index in [1.807, 2.05) is 38.1 Å². The minimum absolute atomic E-state index is 0.167. The van der Waals surface area contributed by atoms with Crippen LogP contribution in [0.3, 0.4) is 0 Å². The highest BCUT2D eigenvalue weighted by atomic mass is 16.5. The fraction of sp³-hybridized carbons (Fsp3) is 0.192. The zero-order valence-electron chi connectivity index (χ0n) is 19.3. The van der Waals surface area contributed by atoms with Crippen LogP contribution in [0.25, 0.3) is 0 Å². The molecule has 0 aromatic heterocycles. The van der Waals surface area contributed by atoms with Crippen LogP contribution in [0.1, 0.15) is 28.4 Å². The summed E-state index contributed by atoms with van der Waals surface area (Å²) in [5.74, 6) is 0.941. The topological polar surface area (TPSA) is 98.2 Å². The number of rotatable bonds is 10. The Bertz CT molecular complexity index is 1140. The van der Waals surface area contributed by atoms with Crippen molar-refractivity contribution in [3.05, 3.63) is 83.4 Å². The molecule has 0 aliphatic carbocycles. The van der Waals surface area contributed by atoms with E-state index >= 15 is 0 Å². The minimum atomic E-state index is -0.344. The summed E-state index contributed by atoms with van der Waals surface area (Å²) in [4.78, 5) is 24.4. The first kappa shape index (κ1) is 24.3. The number of anilines is 1. The molecule has 0 atom stereocenters. The Balaban J connectivity index is 1.58. The van der Waals surface area contributed by atoms with Crippen LogP contribution in [0.2, 0.25) is 0 Å². The third-order valence-electron chi connectivity index (χ3n) is 4.69. The number of ether oxygens (including phenoxy) is 3. The number of amides is 2. The van der Waals surface area contributed by atoms with E-state index in [0.29, 0.717) is 40.7 Å². The number of hydrogen-bond acceptors (Lipinski definition) is 6. The molecule has 0 fully saturated rings. The molecule has 2 amide bonds.